The molecule has 34 heavy (non-hydrogen) atoms. The molecule has 0 unspecified atom stereocenters. The topological polar surface area (TPSA) is 104 Å². The number of nitrogens with zero attached hydrogens (tertiary/aromatic N) is 4. The molecule has 12 heteroatoms. The second-order valence-corrected chi connectivity index (χ2v) is 7.56. The fraction of sp³-hybridized carbons (Fsp3) is 0.182. The average Bonchev–Trinajstić information content (AvgIpc) is 3.12. The lowest BCUT2D eigenvalue weighted by atomic mass is 10.0. The third-order valence-corrected chi connectivity index (χ3v) is 5.30. The fourth-order valence-electron chi connectivity index (χ4n) is 3.47. The SMILES string of the molecule is CN1CCN(c2ccc(C(F)(F)F)cc2NC(=O)c2cc(-c3cnc(N)nc3)ccc2F)C1=O. The van der Waals surface area contributed by atoms with Crippen LogP contribution < -0.4 is 16.0 Å². The number of anilines is 3. The van der Waals surface area contributed by atoms with Gasteiger partial charge in [0.2, 0.25) is 5.95 Å². The molecule has 0 spiro atoms. The van der Waals surface area contributed by atoms with Gasteiger partial charge in [0.05, 0.1) is 22.5 Å². The molecule has 3 N–H and O–H groups in total. The van der Waals surface area contributed by atoms with Gasteiger partial charge in [0.25, 0.3) is 5.91 Å². The van der Waals surface area contributed by atoms with Crippen LogP contribution in [0.15, 0.2) is 48.8 Å². The van der Waals surface area contributed by atoms with Crippen LogP contribution in [-0.2, 0) is 6.18 Å². The van der Waals surface area contributed by atoms with E-state index in [1.807, 2.05) is 0 Å². The molecule has 1 aliphatic rings. The lowest BCUT2D eigenvalue weighted by Gasteiger charge is -2.21. The number of nitrogen functional groups attached to an aromatic ring is 1. The Kier molecular flexibility index (Phi) is 5.82. The summed E-state index contributed by atoms with van der Waals surface area (Å²) in [6.07, 6.45) is -1.92. The van der Waals surface area contributed by atoms with Crippen molar-refractivity contribution in [1.29, 1.82) is 0 Å². The molecule has 1 saturated heterocycles. The van der Waals surface area contributed by atoms with E-state index in [0.717, 1.165) is 18.2 Å². The molecular formula is C22H18F4N6O2. The van der Waals surface area contributed by atoms with Crippen LogP contribution in [0, 0.1) is 5.82 Å². The van der Waals surface area contributed by atoms with Gasteiger partial charge in [-0.1, -0.05) is 6.07 Å². The quantitative estimate of drug-likeness (QED) is 0.556. The van der Waals surface area contributed by atoms with Crippen LogP contribution in [0.3, 0.4) is 0 Å². The number of benzene rings is 2. The molecular weight excluding hydrogens is 456 g/mol. The van der Waals surface area contributed by atoms with Crippen molar-refractivity contribution in [2.24, 2.45) is 0 Å². The van der Waals surface area contributed by atoms with Gasteiger partial charge in [-0.2, -0.15) is 13.2 Å². The van der Waals surface area contributed by atoms with Gasteiger partial charge in [-0.25, -0.2) is 19.2 Å². The zero-order valence-corrected chi connectivity index (χ0v) is 17.7. The van der Waals surface area contributed by atoms with E-state index in [-0.39, 0.29) is 23.9 Å². The second-order valence-electron chi connectivity index (χ2n) is 7.56. The Hall–Kier alpha value is -4.22. The molecule has 176 valence electrons. The van der Waals surface area contributed by atoms with Crippen LogP contribution in [0.1, 0.15) is 15.9 Å². The standard InChI is InChI=1S/C22H18F4N6O2/c1-31-6-7-32(21(31)34)18-5-3-14(22(24,25)26)9-17(18)30-19(33)15-8-12(2-4-16(15)23)13-10-28-20(27)29-11-13/h2-5,8-11H,6-7H2,1H3,(H,30,33)(H2,27,28,29). The lowest BCUT2D eigenvalue weighted by molar-refractivity contribution is -0.137. The van der Waals surface area contributed by atoms with Gasteiger partial charge in [0, 0.05) is 38.1 Å². The van der Waals surface area contributed by atoms with Gasteiger partial charge < -0.3 is 16.0 Å². The number of halogens is 4. The summed E-state index contributed by atoms with van der Waals surface area (Å²) in [4.78, 5) is 35.7. The maximum absolute atomic E-state index is 14.5. The van der Waals surface area contributed by atoms with E-state index in [4.69, 9.17) is 5.73 Å². The Morgan fingerprint density at radius 3 is 2.38 bits per heavy atom. The van der Waals surface area contributed by atoms with Gasteiger partial charge in [-0.3, -0.25) is 9.69 Å². The largest absolute Gasteiger partial charge is 0.416 e. The molecule has 0 bridgehead atoms. The summed E-state index contributed by atoms with van der Waals surface area (Å²) in [7, 11) is 1.55. The van der Waals surface area contributed by atoms with Gasteiger partial charge in [-0.15, -0.1) is 0 Å². The first kappa shape index (κ1) is 23.0. The number of hydrogen-bond donors (Lipinski definition) is 2. The molecule has 0 aliphatic carbocycles. The van der Waals surface area contributed by atoms with Crippen molar-refractivity contribution in [2.45, 2.75) is 6.18 Å². The number of rotatable bonds is 4. The van der Waals surface area contributed by atoms with Crippen molar-refractivity contribution in [3.05, 3.63) is 65.7 Å². The van der Waals surface area contributed by atoms with Crippen molar-refractivity contribution in [1.82, 2.24) is 14.9 Å². The predicted octanol–water partition coefficient (Wildman–Crippen LogP) is 4.01. The van der Waals surface area contributed by atoms with E-state index in [1.165, 1.54) is 34.3 Å². The molecule has 2 aromatic carbocycles. The van der Waals surface area contributed by atoms with Gasteiger partial charge in [0.15, 0.2) is 0 Å². The number of nitrogens with two attached hydrogens (primary N) is 1. The summed E-state index contributed by atoms with van der Waals surface area (Å²) in [5, 5.41) is 2.34. The summed E-state index contributed by atoms with van der Waals surface area (Å²) < 4.78 is 54.5. The molecule has 0 radical (unpaired) electrons. The number of hydrogen-bond acceptors (Lipinski definition) is 5. The number of alkyl halides is 3. The molecule has 3 amide bonds. The van der Waals surface area contributed by atoms with E-state index in [9.17, 15) is 27.2 Å². The third kappa shape index (κ3) is 4.47. The smallest absolute Gasteiger partial charge is 0.368 e. The van der Waals surface area contributed by atoms with Crippen LogP contribution in [-0.4, -0.2) is 46.9 Å². The molecule has 1 fully saturated rings. The minimum atomic E-state index is -4.69. The summed E-state index contributed by atoms with van der Waals surface area (Å²) in [6.45, 7) is 0.568. The number of aromatic nitrogens is 2. The Morgan fingerprint density at radius 2 is 1.76 bits per heavy atom. The molecule has 2 heterocycles. The molecule has 0 atom stereocenters. The minimum absolute atomic E-state index is 0.0306. The van der Waals surface area contributed by atoms with Crippen LogP contribution in [0.2, 0.25) is 0 Å². The van der Waals surface area contributed by atoms with Crippen molar-refractivity contribution in [3.8, 4) is 11.1 Å². The second kappa shape index (κ2) is 8.61. The maximum atomic E-state index is 14.5. The first-order chi connectivity index (χ1) is 16.0. The Morgan fingerprint density at radius 1 is 1.06 bits per heavy atom. The first-order valence-electron chi connectivity index (χ1n) is 9.97. The van der Waals surface area contributed by atoms with Crippen LogP contribution in [0.5, 0.6) is 0 Å². The van der Waals surface area contributed by atoms with Crippen molar-refractivity contribution >= 4 is 29.3 Å². The van der Waals surface area contributed by atoms with Crippen LogP contribution in [0.25, 0.3) is 11.1 Å². The molecule has 1 aliphatic heterocycles. The Bertz CT molecular complexity index is 1260. The number of nitrogens with one attached hydrogen (secondary N) is 1. The molecule has 8 nitrogen and oxygen atoms in total. The number of likely N-dealkylation sites (N-methyl/N-ethyl adjacent to an activating group) is 1. The number of carbonyl (C=O) groups is 2. The minimum Gasteiger partial charge on any atom is -0.368 e. The monoisotopic (exact) mass is 474 g/mol. The third-order valence-electron chi connectivity index (χ3n) is 5.30. The number of amides is 3. The highest BCUT2D eigenvalue weighted by atomic mass is 19.4. The molecule has 3 aromatic rings. The summed E-state index contributed by atoms with van der Waals surface area (Å²) >= 11 is 0. The van der Waals surface area contributed by atoms with Gasteiger partial charge in [-0.05, 0) is 35.9 Å². The Labute approximate surface area is 191 Å². The zero-order valence-electron chi connectivity index (χ0n) is 17.7. The summed E-state index contributed by atoms with van der Waals surface area (Å²) in [6, 6.07) is 5.87. The van der Waals surface area contributed by atoms with Crippen molar-refractivity contribution in [3.63, 3.8) is 0 Å². The first-order valence-corrected chi connectivity index (χ1v) is 9.97. The summed E-state index contributed by atoms with van der Waals surface area (Å²) in [5.74, 6) is -1.84. The van der Waals surface area contributed by atoms with E-state index in [1.54, 1.807) is 7.05 Å². The van der Waals surface area contributed by atoms with E-state index < -0.39 is 35.1 Å². The zero-order chi connectivity index (χ0) is 24.6. The highest BCUT2D eigenvalue weighted by molar-refractivity contribution is 6.08. The average molecular weight is 474 g/mol. The normalized spacial score (nSPS) is 14.0. The van der Waals surface area contributed by atoms with E-state index in [0.29, 0.717) is 23.7 Å². The Balaban J connectivity index is 1.71. The fourth-order valence-corrected chi connectivity index (χ4v) is 3.47. The van der Waals surface area contributed by atoms with Crippen LogP contribution >= 0.6 is 0 Å². The molecule has 0 saturated carbocycles. The van der Waals surface area contributed by atoms with Crippen molar-refractivity contribution < 1.29 is 27.2 Å². The highest BCUT2D eigenvalue weighted by Gasteiger charge is 2.34. The molecule has 4 rings (SSSR count). The number of urea groups is 1. The highest BCUT2D eigenvalue weighted by Crippen LogP contribution is 2.37. The lowest BCUT2D eigenvalue weighted by Crippen LogP contribution is -2.30. The molecule has 1 aromatic heterocycles. The predicted molar refractivity (Wildman–Crippen MR) is 117 cm³/mol. The van der Waals surface area contributed by atoms with E-state index in [2.05, 4.69) is 15.3 Å². The maximum Gasteiger partial charge on any atom is 0.416 e. The summed E-state index contributed by atoms with van der Waals surface area (Å²) in [5.41, 5.74) is 4.66. The van der Waals surface area contributed by atoms with E-state index >= 15 is 0 Å². The van der Waals surface area contributed by atoms with Crippen molar-refractivity contribution in [2.75, 3.05) is 36.1 Å². The van der Waals surface area contributed by atoms with Gasteiger partial charge in [0.1, 0.15) is 5.82 Å². The van der Waals surface area contributed by atoms with Crippen LogP contribution in [0.4, 0.5) is 39.7 Å². The number of carbonyl (C=O) groups excluding carboxylic acids is 2. The van der Waals surface area contributed by atoms with Gasteiger partial charge >= 0.3 is 12.2 Å².